The van der Waals surface area contributed by atoms with Crippen LogP contribution in [0.3, 0.4) is 0 Å². The molecule has 0 bridgehead atoms. The number of phenolic OH excluding ortho intramolecular Hbond substituents is 1. The van der Waals surface area contributed by atoms with Gasteiger partial charge in [0.1, 0.15) is 16.8 Å². The third kappa shape index (κ3) is 4.52. The molecule has 2 aromatic rings. The van der Waals surface area contributed by atoms with Crippen molar-refractivity contribution in [2.75, 3.05) is 5.32 Å². The molecule has 8 heteroatoms. The van der Waals surface area contributed by atoms with Crippen LogP contribution in [-0.2, 0) is 28.9 Å². The van der Waals surface area contributed by atoms with E-state index in [1.165, 1.54) is 17.6 Å². The van der Waals surface area contributed by atoms with Crippen LogP contribution in [0.5, 0.6) is 5.75 Å². The number of hydrazone groups is 1. The fraction of sp³-hybridized carbons (Fsp3) is 0.238. The number of thiophene rings is 1. The second-order valence-electron chi connectivity index (χ2n) is 6.53. The molecule has 7 nitrogen and oxygen atoms in total. The van der Waals surface area contributed by atoms with Crippen LogP contribution < -0.4 is 10.7 Å². The zero-order chi connectivity index (χ0) is 20.8. The lowest BCUT2D eigenvalue weighted by atomic mass is 9.96. The summed E-state index contributed by atoms with van der Waals surface area (Å²) in [6.07, 6.45) is 7.20. The van der Waals surface area contributed by atoms with Crippen LogP contribution in [0, 0.1) is 11.3 Å². The first-order chi connectivity index (χ1) is 14.0. The van der Waals surface area contributed by atoms with E-state index in [4.69, 9.17) is 0 Å². The number of nitrogens with one attached hydrogen (secondary N) is 2. The Morgan fingerprint density at radius 3 is 2.86 bits per heavy atom. The standard InChI is InChI=1S/C21H20N4O3S/c1-2-6-13-7-5-8-14(18(13)26)12-23-25-20(28)19(27)24-21-16(11-22)15-9-3-4-10-17(15)29-21/h2,5,7-8,12,26H,1,3-4,6,9-10H2,(H,24,27)(H,25,28)/b23-12-. The number of nitriles is 1. The fourth-order valence-corrected chi connectivity index (χ4v) is 4.41. The second kappa shape index (κ2) is 9.17. The van der Waals surface area contributed by atoms with E-state index in [0.717, 1.165) is 36.1 Å². The molecule has 0 fully saturated rings. The average molecular weight is 408 g/mol. The predicted octanol–water partition coefficient (Wildman–Crippen LogP) is 3.02. The number of hydrogen-bond donors (Lipinski definition) is 3. The number of nitrogens with zero attached hydrogens (tertiary/aromatic N) is 2. The van der Waals surface area contributed by atoms with Crippen molar-refractivity contribution in [3.05, 3.63) is 58.0 Å². The summed E-state index contributed by atoms with van der Waals surface area (Å²) >= 11 is 1.35. The molecule has 1 aliphatic rings. The van der Waals surface area contributed by atoms with Crippen LogP contribution in [-0.4, -0.2) is 23.1 Å². The normalized spacial score (nSPS) is 12.8. The highest BCUT2D eigenvalue weighted by Gasteiger charge is 2.23. The minimum absolute atomic E-state index is 0.0395. The van der Waals surface area contributed by atoms with Gasteiger partial charge in [-0.1, -0.05) is 18.2 Å². The highest BCUT2D eigenvalue weighted by Crippen LogP contribution is 2.37. The van der Waals surface area contributed by atoms with Crippen molar-refractivity contribution in [3.63, 3.8) is 0 Å². The molecule has 29 heavy (non-hydrogen) atoms. The summed E-state index contributed by atoms with van der Waals surface area (Å²) in [4.78, 5) is 25.3. The van der Waals surface area contributed by atoms with E-state index in [1.54, 1.807) is 24.3 Å². The molecule has 0 saturated carbocycles. The predicted molar refractivity (Wildman–Crippen MR) is 112 cm³/mol. The number of benzene rings is 1. The van der Waals surface area contributed by atoms with Crippen molar-refractivity contribution in [2.45, 2.75) is 32.1 Å². The van der Waals surface area contributed by atoms with Gasteiger partial charge >= 0.3 is 11.8 Å². The van der Waals surface area contributed by atoms with Gasteiger partial charge in [0.15, 0.2) is 0 Å². The molecule has 0 radical (unpaired) electrons. The number of phenols is 1. The second-order valence-corrected chi connectivity index (χ2v) is 7.63. The molecule has 0 spiro atoms. The van der Waals surface area contributed by atoms with Crippen molar-refractivity contribution in [1.82, 2.24) is 5.43 Å². The number of fused-ring (bicyclic) bond motifs is 1. The van der Waals surface area contributed by atoms with Crippen molar-refractivity contribution < 1.29 is 14.7 Å². The Bertz CT molecular complexity index is 1030. The molecule has 3 rings (SSSR count). The Balaban J connectivity index is 1.65. The van der Waals surface area contributed by atoms with Crippen molar-refractivity contribution in [2.24, 2.45) is 5.10 Å². The van der Waals surface area contributed by atoms with Crippen LogP contribution in [0.25, 0.3) is 0 Å². The maximum Gasteiger partial charge on any atom is 0.329 e. The van der Waals surface area contributed by atoms with Crippen molar-refractivity contribution in [1.29, 1.82) is 5.26 Å². The fourth-order valence-electron chi connectivity index (χ4n) is 3.18. The summed E-state index contributed by atoms with van der Waals surface area (Å²) < 4.78 is 0. The first-order valence-corrected chi connectivity index (χ1v) is 9.97. The molecule has 0 atom stereocenters. The number of anilines is 1. The maximum atomic E-state index is 12.2. The Hall–Kier alpha value is -3.44. The Kier molecular flexibility index (Phi) is 6.42. The molecule has 1 aromatic carbocycles. The monoisotopic (exact) mass is 408 g/mol. The smallest absolute Gasteiger partial charge is 0.329 e. The van der Waals surface area contributed by atoms with Crippen LogP contribution in [0.1, 0.15) is 40.0 Å². The zero-order valence-electron chi connectivity index (χ0n) is 15.7. The average Bonchev–Trinajstić information content (AvgIpc) is 3.07. The number of carbonyl (C=O) groups is 2. The molecule has 0 saturated heterocycles. The topological polar surface area (TPSA) is 115 Å². The first kappa shape index (κ1) is 20.3. The van der Waals surface area contributed by atoms with Crippen LogP contribution >= 0.6 is 11.3 Å². The van der Waals surface area contributed by atoms with Gasteiger partial charge in [-0.25, -0.2) is 5.43 Å². The Labute approximate surface area is 172 Å². The van der Waals surface area contributed by atoms with Gasteiger partial charge in [0.2, 0.25) is 0 Å². The molecule has 0 aliphatic heterocycles. The van der Waals surface area contributed by atoms with Gasteiger partial charge in [-0.3, -0.25) is 9.59 Å². The van der Waals surface area contributed by atoms with Gasteiger partial charge in [0.05, 0.1) is 11.8 Å². The highest BCUT2D eigenvalue weighted by molar-refractivity contribution is 7.16. The van der Waals surface area contributed by atoms with Gasteiger partial charge in [-0.15, -0.1) is 17.9 Å². The van der Waals surface area contributed by atoms with Crippen molar-refractivity contribution in [3.8, 4) is 11.8 Å². The summed E-state index contributed by atoms with van der Waals surface area (Å²) in [5.74, 6) is -1.82. The number of para-hydroxylation sites is 1. The summed E-state index contributed by atoms with van der Waals surface area (Å²) in [5.41, 5.74) is 4.64. The number of rotatable bonds is 5. The van der Waals surface area contributed by atoms with E-state index in [0.29, 0.717) is 28.1 Å². The Morgan fingerprint density at radius 2 is 2.10 bits per heavy atom. The quantitative estimate of drug-likeness (QED) is 0.305. The number of hydrogen-bond acceptors (Lipinski definition) is 6. The minimum atomic E-state index is -0.960. The third-order valence-electron chi connectivity index (χ3n) is 4.60. The number of aromatic hydroxyl groups is 1. The van der Waals surface area contributed by atoms with E-state index >= 15 is 0 Å². The summed E-state index contributed by atoms with van der Waals surface area (Å²) in [6, 6.07) is 7.27. The number of aryl methyl sites for hydroxylation is 1. The lowest BCUT2D eigenvalue weighted by Crippen LogP contribution is -2.32. The molecule has 0 unspecified atom stereocenters. The molecule has 3 N–H and O–H groups in total. The molecule has 148 valence electrons. The number of carbonyl (C=O) groups excluding carboxylic acids is 2. The molecule has 1 aliphatic carbocycles. The van der Waals surface area contributed by atoms with Gasteiger partial charge < -0.3 is 10.4 Å². The summed E-state index contributed by atoms with van der Waals surface area (Å²) in [6.45, 7) is 3.63. The number of amides is 2. The molecule has 1 heterocycles. The van der Waals surface area contributed by atoms with Gasteiger partial charge in [-0.2, -0.15) is 10.4 Å². The maximum absolute atomic E-state index is 12.2. The van der Waals surface area contributed by atoms with Crippen LogP contribution in [0.2, 0.25) is 0 Å². The van der Waals surface area contributed by atoms with Gasteiger partial charge in [0.25, 0.3) is 0 Å². The van der Waals surface area contributed by atoms with E-state index in [1.807, 2.05) is 0 Å². The van der Waals surface area contributed by atoms with Gasteiger partial charge in [0, 0.05) is 10.4 Å². The minimum Gasteiger partial charge on any atom is -0.507 e. The summed E-state index contributed by atoms with van der Waals surface area (Å²) in [7, 11) is 0. The first-order valence-electron chi connectivity index (χ1n) is 9.16. The van der Waals surface area contributed by atoms with Crippen LogP contribution in [0.4, 0.5) is 5.00 Å². The third-order valence-corrected chi connectivity index (χ3v) is 5.81. The van der Waals surface area contributed by atoms with Crippen molar-refractivity contribution >= 4 is 34.4 Å². The number of allylic oxidation sites excluding steroid dienone is 1. The highest BCUT2D eigenvalue weighted by atomic mass is 32.1. The van der Waals surface area contributed by atoms with E-state index in [9.17, 15) is 20.0 Å². The van der Waals surface area contributed by atoms with E-state index < -0.39 is 11.8 Å². The van der Waals surface area contributed by atoms with E-state index in [2.05, 4.69) is 28.5 Å². The molecular weight excluding hydrogens is 388 g/mol. The zero-order valence-corrected chi connectivity index (χ0v) is 16.5. The van der Waals surface area contributed by atoms with E-state index in [-0.39, 0.29) is 5.75 Å². The van der Waals surface area contributed by atoms with Gasteiger partial charge in [-0.05, 0) is 49.3 Å². The lowest BCUT2D eigenvalue weighted by molar-refractivity contribution is -0.136. The SMILES string of the molecule is C=CCc1cccc(/C=N\NC(=O)C(=O)Nc2sc3c(c2C#N)CCCC3)c1O. The Morgan fingerprint density at radius 1 is 1.31 bits per heavy atom. The summed E-state index contributed by atoms with van der Waals surface area (Å²) in [5, 5.41) is 26.2. The molecule has 1 aromatic heterocycles. The molecular formula is C21H20N4O3S. The molecule has 2 amide bonds. The lowest BCUT2D eigenvalue weighted by Gasteiger charge is -2.09. The largest absolute Gasteiger partial charge is 0.507 e. The van der Waals surface area contributed by atoms with Crippen LogP contribution in [0.15, 0.2) is 36.0 Å².